The van der Waals surface area contributed by atoms with Crippen molar-refractivity contribution in [2.45, 2.75) is 13.0 Å². The number of benzene rings is 1. The summed E-state index contributed by atoms with van der Waals surface area (Å²) in [6.07, 6.45) is 2.43. The molecule has 2 aromatic heterocycles. The van der Waals surface area contributed by atoms with Crippen LogP contribution in [0.1, 0.15) is 17.0 Å². The number of rotatable bonds is 4. The first kappa shape index (κ1) is 11.7. The smallest absolute Gasteiger partial charge is 0.231 e. The Hall–Kier alpha value is -2.40. The minimum atomic E-state index is 0.508. The Kier molecular flexibility index (Phi) is 3.12. The number of nitrogens with one attached hydrogen (secondary N) is 1. The van der Waals surface area contributed by atoms with Gasteiger partial charge in [-0.3, -0.25) is 0 Å². The van der Waals surface area contributed by atoms with Gasteiger partial charge in [0.1, 0.15) is 0 Å². The lowest BCUT2D eigenvalue weighted by Gasteiger charge is -2.03. The molecule has 19 heavy (non-hydrogen) atoms. The largest absolute Gasteiger partial charge is 0.359 e. The summed E-state index contributed by atoms with van der Waals surface area (Å²) < 4.78 is 5.27. The van der Waals surface area contributed by atoms with Crippen LogP contribution in [0.3, 0.4) is 0 Å². The second-order valence-corrected chi connectivity index (χ2v) is 4.25. The minimum absolute atomic E-state index is 0.508. The summed E-state index contributed by atoms with van der Waals surface area (Å²) in [6, 6.07) is 11.8. The molecule has 0 aliphatic rings. The molecule has 1 aromatic carbocycles. The standard InChI is InChI=1S/C14H14N4O/c15-9-11-5-2-1-4-10(11)8-13-17-14(18-19-13)12-6-3-7-16-12/h1-7,16H,8-9,15H2. The van der Waals surface area contributed by atoms with Crippen molar-refractivity contribution < 1.29 is 4.52 Å². The average Bonchev–Trinajstić information content (AvgIpc) is 3.09. The molecule has 3 aromatic rings. The molecule has 0 aliphatic heterocycles. The van der Waals surface area contributed by atoms with Crippen molar-refractivity contribution in [3.8, 4) is 11.5 Å². The summed E-state index contributed by atoms with van der Waals surface area (Å²) >= 11 is 0. The Balaban J connectivity index is 1.84. The number of aromatic nitrogens is 3. The Morgan fingerprint density at radius 3 is 2.68 bits per heavy atom. The van der Waals surface area contributed by atoms with Gasteiger partial charge in [0.15, 0.2) is 0 Å². The number of aromatic amines is 1. The lowest BCUT2D eigenvalue weighted by atomic mass is 10.0. The van der Waals surface area contributed by atoms with Gasteiger partial charge in [0.05, 0.1) is 12.1 Å². The Bertz CT molecular complexity index is 658. The Morgan fingerprint density at radius 1 is 1.11 bits per heavy atom. The Morgan fingerprint density at radius 2 is 1.95 bits per heavy atom. The van der Waals surface area contributed by atoms with Crippen molar-refractivity contribution in [3.05, 3.63) is 59.6 Å². The van der Waals surface area contributed by atoms with Crippen LogP contribution in [0.15, 0.2) is 47.1 Å². The maximum atomic E-state index is 5.72. The zero-order valence-electron chi connectivity index (χ0n) is 10.3. The highest BCUT2D eigenvalue weighted by Crippen LogP contribution is 2.16. The van der Waals surface area contributed by atoms with Crippen LogP contribution < -0.4 is 5.73 Å². The number of nitrogens with two attached hydrogens (primary N) is 1. The summed E-state index contributed by atoms with van der Waals surface area (Å²) in [7, 11) is 0. The number of hydrogen-bond acceptors (Lipinski definition) is 4. The van der Waals surface area contributed by atoms with E-state index in [1.807, 2.05) is 42.6 Å². The summed E-state index contributed by atoms with van der Waals surface area (Å²) in [5.74, 6) is 1.16. The topological polar surface area (TPSA) is 80.7 Å². The third kappa shape index (κ3) is 2.41. The summed E-state index contributed by atoms with van der Waals surface area (Å²) in [5.41, 5.74) is 8.78. The summed E-state index contributed by atoms with van der Waals surface area (Å²) in [6.45, 7) is 0.508. The number of hydrogen-bond donors (Lipinski definition) is 2. The van der Waals surface area contributed by atoms with E-state index in [4.69, 9.17) is 10.3 Å². The molecule has 0 radical (unpaired) electrons. The molecule has 0 unspecified atom stereocenters. The van der Waals surface area contributed by atoms with Crippen LogP contribution in [-0.4, -0.2) is 15.1 Å². The maximum Gasteiger partial charge on any atom is 0.231 e. The van der Waals surface area contributed by atoms with Gasteiger partial charge in [0.25, 0.3) is 0 Å². The van der Waals surface area contributed by atoms with E-state index in [0.29, 0.717) is 24.7 Å². The van der Waals surface area contributed by atoms with Crippen molar-refractivity contribution in [1.82, 2.24) is 15.1 Å². The molecular weight excluding hydrogens is 240 g/mol. The SMILES string of the molecule is NCc1ccccc1Cc1nc(-c2ccc[nH]2)no1. The lowest BCUT2D eigenvalue weighted by molar-refractivity contribution is 0.385. The number of H-pyrrole nitrogens is 1. The predicted molar refractivity (Wildman–Crippen MR) is 71.2 cm³/mol. The molecule has 96 valence electrons. The first-order valence-corrected chi connectivity index (χ1v) is 6.10. The van der Waals surface area contributed by atoms with Crippen molar-refractivity contribution in [1.29, 1.82) is 0 Å². The van der Waals surface area contributed by atoms with Crippen LogP contribution in [0.5, 0.6) is 0 Å². The fourth-order valence-electron chi connectivity index (χ4n) is 2.00. The van der Waals surface area contributed by atoms with E-state index in [9.17, 15) is 0 Å². The van der Waals surface area contributed by atoms with Crippen molar-refractivity contribution in [2.75, 3.05) is 0 Å². The highest BCUT2D eigenvalue weighted by atomic mass is 16.5. The fraction of sp³-hybridized carbons (Fsp3) is 0.143. The summed E-state index contributed by atoms with van der Waals surface area (Å²) in [4.78, 5) is 7.42. The third-order valence-electron chi connectivity index (χ3n) is 2.99. The molecule has 0 fully saturated rings. The molecule has 3 rings (SSSR count). The Labute approximate surface area is 110 Å². The van der Waals surface area contributed by atoms with Gasteiger partial charge in [-0.1, -0.05) is 29.4 Å². The molecule has 2 heterocycles. The van der Waals surface area contributed by atoms with Gasteiger partial charge >= 0.3 is 0 Å². The molecule has 0 spiro atoms. The van der Waals surface area contributed by atoms with Crippen molar-refractivity contribution in [2.24, 2.45) is 5.73 Å². The maximum absolute atomic E-state index is 5.72. The molecule has 0 amide bonds. The van der Waals surface area contributed by atoms with E-state index in [1.165, 1.54) is 0 Å². The highest BCUT2D eigenvalue weighted by molar-refractivity contribution is 5.47. The molecule has 3 N–H and O–H groups in total. The van der Waals surface area contributed by atoms with E-state index >= 15 is 0 Å². The van der Waals surface area contributed by atoms with Gasteiger partial charge in [-0.05, 0) is 23.3 Å². The van der Waals surface area contributed by atoms with Crippen LogP contribution in [-0.2, 0) is 13.0 Å². The lowest BCUT2D eigenvalue weighted by Crippen LogP contribution is -2.02. The molecule has 5 nitrogen and oxygen atoms in total. The molecule has 0 saturated carbocycles. The van der Waals surface area contributed by atoms with Crippen LogP contribution in [0.4, 0.5) is 0 Å². The van der Waals surface area contributed by atoms with E-state index < -0.39 is 0 Å². The molecule has 0 aliphatic carbocycles. The fourth-order valence-corrected chi connectivity index (χ4v) is 2.00. The second kappa shape index (κ2) is 5.07. The average molecular weight is 254 g/mol. The molecule has 0 atom stereocenters. The molecular formula is C14H14N4O. The normalized spacial score (nSPS) is 10.8. The first-order chi connectivity index (χ1) is 9.36. The summed E-state index contributed by atoms with van der Waals surface area (Å²) in [5, 5.41) is 3.96. The molecule has 0 bridgehead atoms. The van der Waals surface area contributed by atoms with Gasteiger partial charge in [-0.2, -0.15) is 4.98 Å². The highest BCUT2D eigenvalue weighted by Gasteiger charge is 2.11. The van der Waals surface area contributed by atoms with Crippen LogP contribution in [0.2, 0.25) is 0 Å². The van der Waals surface area contributed by atoms with Crippen molar-refractivity contribution in [3.63, 3.8) is 0 Å². The van der Waals surface area contributed by atoms with E-state index in [-0.39, 0.29) is 0 Å². The number of nitrogens with zero attached hydrogens (tertiary/aromatic N) is 2. The van der Waals surface area contributed by atoms with Gasteiger partial charge in [-0.25, -0.2) is 0 Å². The predicted octanol–water partition coefficient (Wildman–Crippen LogP) is 2.11. The molecule has 5 heteroatoms. The van der Waals surface area contributed by atoms with E-state index in [2.05, 4.69) is 15.1 Å². The van der Waals surface area contributed by atoms with Crippen LogP contribution >= 0.6 is 0 Å². The monoisotopic (exact) mass is 254 g/mol. The molecule has 0 saturated heterocycles. The van der Waals surface area contributed by atoms with Crippen molar-refractivity contribution >= 4 is 0 Å². The van der Waals surface area contributed by atoms with Crippen LogP contribution in [0.25, 0.3) is 11.5 Å². The first-order valence-electron chi connectivity index (χ1n) is 6.10. The minimum Gasteiger partial charge on any atom is -0.359 e. The van der Waals surface area contributed by atoms with Gasteiger partial charge in [0, 0.05) is 12.7 Å². The van der Waals surface area contributed by atoms with E-state index in [1.54, 1.807) is 0 Å². The third-order valence-corrected chi connectivity index (χ3v) is 2.99. The van der Waals surface area contributed by atoms with Gasteiger partial charge in [0.2, 0.25) is 11.7 Å². The zero-order chi connectivity index (χ0) is 13.1. The second-order valence-electron chi connectivity index (χ2n) is 4.25. The van der Waals surface area contributed by atoms with Gasteiger partial charge in [-0.15, -0.1) is 0 Å². The quantitative estimate of drug-likeness (QED) is 0.747. The zero-order valence-corrected chi connectivity index (χ0v) is 10.3. The van der Waals surface area contributed by atoms with Gasteiger partial charge < -0.3 is 15.2 Å². The van der Waals surface area contributed by atoms with E-state index in [0.717, 1.165) is 16.8 Å². The van der Waals surface area contributed by atoms with Crippen LogP contribution in [0, 0.1) is 0 Å².